The van der Waals surface area contributed by atoms with Crippen LogP contribution in [0.5, 0.6) is 5.75 Å². The lowest BCUT2D eigenvalue weighted by Crippen LogP contribution is -2.34. The van der Waals surface area contributed by atoms with Gasteiger partial charge in [-0.3, -0.25) is 4.79 Å². The summed E-state index contributed by atoms with van der Waals surface area (Å²) in [6.07, 6.45) is 0.252. The fourth-order valence-corrected chi connectivity index (χ4v) is 1.53. The molecule has 88 valence electrons. The molecule has 2 N–H and O–H groups in total. The van der Waals surface area contributed by atoms with Crippen LogP contribution in [0.1, 0.15) is 12.5 Å². The van der Waals surface area contributed by atoms with Crippen LogP contribution in [0.25, 0.3) is 0 Å². The Morgan fingerprint density at radius 3 is 2.75 bits per heavy atom. The molecule has 0 heterocycles. The number of carbonyl (C=O) groups is 1. The van der Waals surface area contributed by atoms with E-state index >= 15 is 0 Å². The van der Waals surface area contributed by atoms with E-state index in [0.29, 0.717) is 13.1 Å². The zero-order valence-electron chi connectivity index (χ0n) is 9.39. The van der Waals surface area contributed by atoms with E-state index in [9.17, 15) is 9.90 Å². The molecule has 16 heavy (non-hydrogen) atoms. The van der Waals surface area contributed by atoms with E-state index in [1.54, 1.807) is 29.2 Å². The third-order valence-electron chi connectivity index (χ3n) is 2.37. The van der Waals surface area contributed by atoms with Crippen molar-refractivity contribution in [2.45, 2.75) is 13.3 Å². The molecular formula is C12H17NO3. The number of aromatic hydroxyl groups is 1. The summed E-state index contributed by atoms with van der Waals surface area (Å²) in [5, 5.41) is 18.1. The van der Waals surface area contributed by atoms with Crippen LogP contribution >= 0.6 is 0 Å². The third kappa shape index (κ3) is 3.55. The van der Waals surface area contributed by atoms with Crippen molar-refractivity contribution in [3.63, 3.8) is 0 Å². The van der Waals surface area contributed by atoms with E-state index in [1.807, 2.05) is 6.92 Å². The Kier molecular flexibility index (Phi) is 4.79. The van der Waals surface area contributed by atoms with Crippen LogP contribution in [0.15, 0.2) is 24.3 Å². The van der Waals surface area contributed by atoms with E-state index in [-0.39, 0.29) is 24.7 Å². The molecule has 0 unspecified atom stereocenters. The second-order valence-corrected chi connectivity index (χ2v) is 3.54. The molecule has 0 saturated heterocycles. The maximum absolute atomic E-state index is 11.8. The lowest BCUT2D eigenvalue weighted by Gasteiger charge is -2.19. The van der Waals surface area contributed by atoms with Gasteiger partial charge in [-0.15, -0.1) is 0 Å². The van der Waals surface area contributed by atoms with E-state index in [1.165, 1.54) is 0 Å². The van der Waals surface area contributed by atoms with Gasteiger partial charge in [0, 0.05) is 13.1 Å². The fourth-order valence-electron chi connectivity index (χ4n) is 1.53. The molecule has 0 atom stereocenters. The average molecular weight is 223 g/mol. The zero-order valence-corrected chi connectivity index (χ0v) is 9.39. The number of aliphatic hydroxyl groups is 1. The van der Waals surface area contributed by atoms with E-state index in [2.05, 4.69) is 0 Å². The van der Waals surface area contributed by atoms with Crippen LogP contribution in [0.2, 0.25) is 0 Å². The van der Waals surface area contributed by atoms with Gasteiger partial charge < -0.3 is 15.1 Å². The summed E-state index contributed by atoms with van der Waals surface area (Å²) < 4.78 is 0. The van der Waals surface area contributed by atoms with Gasteiger partial charge >= 0.3 is 0 Å². The number of likely N-dealkylation sites (N-methyl/N-ethyl adjacent to an activating group) is 1. The average Bonchev–Trinajstić information content (AvgIpc) is 2.25. The van der Waals surface area contributed by atoms with Crippen molar-refractivity contribution in [2.75, 3.05) is 19.7 Å². The van der Waals surface area contributed by atoms with Crippen LogP contribution in [0, 0.1) is 0 Å². The van der Waals surface area contributed by atoms with Crippen LogP contribution in [0.4, 0.5) is 0 Å². The number of benzene rings is 1. The van der Waals surface area contributed by atoms with Gasteiger partial charge in [0.15, 0.2) is 0 Å². The number of aliphatic hydroxyl groups excluding tert-OH is 1. The summed E-state index contributed by atoms with van der Waals surface area (Å²) >= 11 is 0. The molecule has 1 aromatic rings. The van der Waals surface area contributed by atoms with Gasteiger partial charge in [-0.25, -0.2) is 0 Å². The second kappa shape index (κ2) is 6.12. The largest absolute Gasteiger partial charge is 0.508 e. The van der Waals surface area contributed by atoms with Gasteiger partial charge in [-0.1, -0.05) is 12.1 Å². The molecule has 0 aliphatic rings. The molecule has 0 aromatic heterocycles. The van der Waals surface area contributed by atoms with E-state index in [4.69, 9.17) is 5.11 Å². The minimum absolute atomic E-state index is 0.0282. The van der Waals surface area contributed by atoms with Crippen molar-refractivity contribution >= 4 is 5.91 Å². The zero-order chi connectivity index (χ0) is 12.0. The van der Waals surface area contributed by atoms with Crippen molar-refractivity contribution < 1.29 is 15.0 Å². The molecule has 0 saturated carbocycles. The minimum Gasteiger partial charge on any atom is -0.508 e. The number of phenols is 1. The standard InChI is InChI=1S/C12H17NO3/c1-2-13(6-7-14)12(16)9-10-4-3-5-11(15)8-10/h3-5,8,14-15H,2,6-7,9H2,1H3. The van der Waals surface area contributed by atoms with Gasteiger partial charge in [0.1, 0.15) is 5.75 Å². The highest BCUT2D eigenvalue weighted by Crippen LogP contribution is 2.12. The predicted molar refractivity (Wildman–Crippen MR) is 61.2 cm³/mol. The molecule has 0 spiro atoms. The van der Waals surface area contributed by atoms with Crippen LogP contribution in [-0.4, -0.2) is 40.7 Å². The van der Waals surface area contributed by atoms with Gasteiger partial charge in [0.2, 0.25) is 5.91 Å². The number of nitrogens with zero attached hydrogens (tertiary/aromatic N) is 1. The van der Waals surface area contributed by atoms with Crippen LogP contribution in [0.3, 0.4) is 0 Å². The summed E-state index contributed by atoms with van der Waals surface area (Å²) in [7, 11) is 0. The Labute approximate surface area is 95.1 Å². The number of amides is 1. The summed E-state index contributed by atoms with van der Waals surface area (Å²) in [6, 6.07) is 6.65. The van der Waals surface area contributed by atoms with E-state index in [0.717, 1.165) is 5.56 Å². The molecule has 0 fully saturated rings. The monoisotopic (exact) mass is 223 g/mol. The molecule has 0 aliphatic carbocycles. The topological polar surface area (TPSA) is 60.8 Å². The number of carbonyl (C=O) groups excluding carboxylic acids is 1. The minimum atomic E-state index is -0.0397. The Balaban J connectivity index is 2.62. The first-order valence-corrected chi connectivity index (χ1v) is 5.34. The smallest absolute Gasteiger partial charge is 0.227 e. The molecule has 1 aromatic carbocycles. The quantitative estimate of drug-likeness (QED) is 0.775. The van der Waals surface area contributed by atoms with Crippen molar-refractivity contribution in [3.8, 4) is 5.75 Å². The maximum atomic E-state index is 11.8. The van der Waals surface area contributed by atoms with Crippen LogP contribution in [-0.2, 0) is 11.2 Å². The lowest BCUT2D eigenvalue weighted by molar-refractivity contribution is -0.130. The van der Waals surface area contributed by atoms with Gasteiger partial charge in [0.25, 0.3) is 0 Å². The molecule has 1 rings (SSSR count). The van der Waals surface area contributed by atoms with Crippen molar-refractivity contribution in [1.82, 2.24) is 4.90 Å². The van der Waals surface area contributed by atoms with Gasteiger partial charge in [-0.05, 0) is 24.6 Å². The molecule has 0 radical (unpaired) electrons. The van der Waals surface area contributed by atoms with Crippen molar-refractivity contribution in [1.29, 1.82) is 0 Å². The second-order valence-electron chi connectivity index (χ2n) is 3.54. The molecule has 4 heteroatoms. The molecule has 0 bridgehead atoms. The normalized spacial score (nSPS) is 10.1. The van der Waals surface area contributed by atoms with Crippen molar-refractivity contribution in [3.05, 3.63) is 29.8 Å². The van der Waals surface area contributed by atoms with E-state index < -0.39 is 0 Å². The lowest BCUT2D eigenvalue weighted by atomic mass is 10.1. The molecule has 4 nitrogen and oxygen atoms in total. The number of phenolic OH excluding ortho intramolecular Hbond substituents is 1. The summed E-state index contributed by atoms with van der Waals surface area (Å²) in [5.74, 6) is 0.123. The van der Waals surface area contributed by atoms with Crippen LogP contribution < -0.4 is 0 Å². The summed E-state index contributed by atoms with van der Waals surface area (Å²) in [6.45, 7) is 2.78. The Morgan fingerprint density at radius 2 is 2.19 bits per heavy atom. The number of rotatable bonds is 5. The first kappa shape index (κ1) is 12.5. The highest BCUT2D eigenvalue weighted by Gasteiger charge is 2.11. The highest BCUT2D eigenvalue weighted by atomic mass is 16.3. The van der Waals surface area contributed by atoms with Gasteiger partial charge in [-0.2, -0.15) is 0 Å². The van der Waals surface area contributed by atoms with Crippen molar-refractivity contribution in [2.24, 2.45) is 0 Å². The highest BCUT2D eigenvalue weighted by molar-refractivity contribution is 5.78. The predicted octanol–water partition coefficient (Wildman–Crippen LogP) is 0.775. The number of hydrogen-bond donors (Lipinski definition) is 2. The Morgan fingerprint density at radius 1 is 1.44 bits per heavy atom. The molecule has 0 aliphatic heterocycles. The SMILES string of the molecule is CCN(CCO)C(=O)Cc1cccc(O)c1. The Bertz CT molecular complexity index is 352. The first-order chi connectivity index (χ1) is 7.67. The first-order valence-electron chi connectivity index (χ1n) is 5.34. The Hall–Kier alpha value is -1.55. The summed E-state index contributed by atoms with van der Waals surface area (Å²) in [5.41, 5.74) is 0.779. The maximum Gasteiger partial charge on any atom is 0.227 e. The number of hydrogen-bond acceptors (Lipinski definition) is 3. The third-order valence-corrected chi connectivity index (χ3v) is 2.37. The molecule has 1 amide bonds. The fraction of sp³-hybridized carbons (Fsp3) is 0.417. The van der Waals surface area contributed by atoms with Gasteiger partial charge in [0.05, 0.1) is 13.0 Å². The summed E-state index contributed by atoms with van der Waals surface area (Å²) in [4.78, 5) is 13.4. The molecular weight excluding hydrogens is 206 g/mol.